The third-order valence-corrected chi connectivity index (χ3v) is 2.63. The zero-order valence-electron chi connectivity index (χ0n) is 6.86. The number of hydrogen-bond donors (Lipinski definition) is 1. The Bertz CT molecular complexity index is 319. The van der Waals surface area contributed by atoms with Crippen LogP contribution in [0.15, 0.2) is 11.4 Å². The number of carbonyl (C=O) groups is 1. The van der Waals surface area contributed by atoms with Crippen molar-refractivity contribution < 1.29 is 14.3 Å². The van der Waals surface area contributed by atoms with Crippen molar-refractivity contribution in [2.24, 2.45) is 0 Å². The summed E-state index contributed by atoms with van der Waals surface area (Å²) in [6, 6.07) is 1.62. The van der Waals surface area contributed by atoms with Gasteiger partial charge in [-0.3, -0.25) is 0 Å². The first-order valence-corrected chi connectivity index (χ1v) is 4.76. The van der Waals surface area contributed by atoms with E-state index in [1.807, 2.05) is 0 Å². The van der Waals surface area contributed by atoms with Crippen LogP contribution in [0, 0.1) is 0 Å². The third kappa shape index (κ3) is 1.81. The standard InChI is InChI=1S/C8H9NO3S/c9-5-1-7(13-4-5)8(10)12-6-2-11-3-6/h1,4,6H,2-3,9H2. The van der Waals surface area contributed by atoms with Crippen LogP contribution in [0.4, 0.5) is 5.69 Å². The van der Waals surface area contributed by atoms with Crippen LogP contribution in [0.25, 0.3) is 0 Å². The predicted molar refractivity (Wildman–Crippen MR) is 48.8 cm³/mol. The first-order valence-electron chi connectivity index (χ1n) is 3.88. The second-order valence-corrected chi connectivity index (χ2v) is 3.72. The molecule has 1 saturated heterocycles. The summed E-state index contributed by atoms with van der Waals surface area (Å²) in [5, 5.41) is 1.72. The van der Waals surface area contributed by atoms with E-state index in [2.05, 4.69) is 0 Å². The molecule has 0 radical (unpaired) electrons. The lowest BCUT2D eigenvalue weighted by Gasteiger charge is -2.25. The molecule has 0 spiro atoms. The van der Waals surface area contributed by atoms with Crippen LogP contribution in [-0.4, -0.2) is 25.3 Å². The Labute approximate surface area is 79.3 Å². The maximum absolute atomic E-state index is 11.3. The lowest BCUT2D eigenvalue weighted by molar-refractivity contribution is -0.103. The van der Waals surface area contributed by atoms with Gasteiger partial charge in [-0.1, -0.05) is 0 Å². The molecular formula is C8H9NO3S. The fourth-order valence-electron chi connectivity index (χ4n) is 0.950. The topological polar surface area (TPSA) is 61.6 Å². The second-order valence-electron chi connectivity index (χ2n) is 2.81. The van der Waals surface area contributed by atoms with Gasteiger partial charge in [0.25, 0.3) is 0 Å². The van der Waals surface area contributed by atoms with Crippen LogP contribution in [-0.2, 0) is 9.47 Å². The highest BCUT2D eigenvalue weighted by molar-refractivity contribution is 7.12. The molecule has 1 aliphatic heterocycles. The van der Waals surface area contributed by atoms with E-state index in [4.69, 9.17) is 15.2 Å². The molecule has 70 valence electrons. The number of nitrogens with two attached hydrogens (primary N) is 1. The molecule has 1 aromatic heterocycles. The normalized spacial score (nSPS) is 16.6. The fourth-order valence-corrected chi connectivity index (χ4v) is 1.63. The number of anilines is 1. The van der Waals surface area contributed by atoms with Gasteiger partial charge in [-0.05, 0) is 6.07 Å². The quantitative estimate of drug-likeness (QED) is 0.718. The van der Waals surface area contributed by atoms with Gasteiger partial charge in [-0.2, -0.15) is 0 Å². The van der Waals surface area contributed by atoms with Crippen molar-refractivity contribution in [3.63, 3.8) is 0 Å². The Balaban J connectivity index is 1.96. The van der Waals surface area contributed by atoms with Gasteiger partial charge in [0.05, 0.1) is 13.2 Å². The molecule has 0 aromatic carbocycles. The van der Waals surface area contributed by atoms with Gasteiger partial charge in [0, 0.05) is 11.1 Å². The summed E-state index contributed by atoms with van der Waals surface area (Å²) in [7, 11) is 0. The molecule has 0 atom stereocenters. The summed E-state index contributed by atoms with van der Waals surface area (Å²) in [5.41, 5.74) is 6.07. The number of ether oxygens (including phenoxy) is 2. The van der Waals surface area contributed by atoms with Crippen LogP contribution in [0.2, 0.25) is 0 Å². The van der Waals surface area contributed by atoms with E-state index in [-0.39, 0.29) is 12.1 Å². The average Bonchev–Trinajstić information content (AvgIpc) is 2.44. The molecule has 2 N–H and O–H groups in total. The van der Waals surface area contributed by atoms with Gasteiger partial charge < -0.3 is 15.2 Å². The number of nitrogen functional groups attached to an aromatic ring is 1. The van der Waals surface area contributed by atoms with Crippen molar-refractivity contribution in [2.45, 2.75) is 6.10 Å². The molecule has 0 aliphatic carbocycles. The molecule has 0 amide bonds. The SMILES string of the molecule is Nc1csc(C(=O)OC2COC2)c1. The minimum Gasteiger partial charge on any atom is -0.453 e. The molecule has 1 aromatic rings. The second kappa shape index (κ2) is 3.35. The average molecular weight is 199 g/mol. The van der Waals surface area contributed by atoms with Crippen molar-refractivity contribution in [3.05, 3.63) is 16.3 Å². The first kappa shape index (κ1) is 8.52. The monoisotopic (exact) mass is 199 g/mol. The van der Waals surface area contributed by atoms with Crippen molar-refractivity contribution >= 4 is 23.0 Å². The van der Waals surface area contributed by atoms with Crippen LogP contribution in [0.3, 0.4) is 0 Å². The minimum absolute atomic E-state index is 0.0733. The number of hydrogen-bond acceptors (Lipinski definition) is 5. The van der Waals surface area contributed by atoms with Crippen molar-refractivity contribution in [1.82, 2.24) is 0 Å². The van der Waals surface area contributed by atoms with Gasteiger partial charge >= 0.3 is 5.97 Å². The van der Waals surface area contributed by atoms with E-state index in [0.717, 1.165) is 0 Å². The lowest BCUT2D eigenvalue weighted by atomic mass is 10.3. The van der Waals surface area contributed by atoms with Gasteiger partial charge in [0.15, 0.2) is 0 Å². The molecule has 0 saturated carbocycles. The summed E-state index contributed by atoms with van der Waals surface area (Å²) in [6.45, 7) is 1.01. The summed E-state index contributed by atoms with van der Waals surface area (Å²) < 4.78 is 9.95. The predicted octanol–water partition coefficient (Wildman–Crippen LogP) is 0.886. The summed E-state index contributed by atoms with van der Waals surface area (Å²) in [5.74, 6) is -0.310. The van der Waals surface area contributed by atoms with E-state index in [1.54, 1.807) is 11.4 Å². The highest BCUT2D eigenvalue weighted by Crippen LogP contribution is 2.18. The molecule has 2 heterocycles. The van der Waals surface area contributed by atoms with Gasteiger partial charge in [-0.15, -0.1) is 11.3 Å². The Kier molecular flexibility index (Phi) is 2.20. The molecule has 5 heteroatoms. The number of rotatable bonds is 2. The zero-order valence-corrected chi connectivity index (χ0v) is 7.67. The molecule has 13 heavy (non-hydrogen) atoms. The van der Waals surface area contributed by atoms with E-state index >= 15 is 0 Å². The third-order valence-electron chi connectivity index (χ3n) is 1.70. The number of thiophene rings is 1. The molecule has 0 unspecified atom stereocenters. The Hall–Kier alpha value is -1.07. The first-order chi connectivity index (χ1) is 6.25. The van der Waals surface area contributed by atoms with Crippen LogP contribution in [0.1, 0.15) is 9.67 Å². The molecule has 0 bridgehead atoms. The molecule has 1 fully saturated rings. The Morgan fingerprint density at radius 3 is 2.92 bits per heavy atom. The number of esters is 1. The lowest BCUT2D eigenvalue weighted by Crippen LogP contribution is -2.37. The highest BCUT2D eigenvalue weighted by Gasteiger charge is 2.23. The number of carbonyl (C=O) groups excluding carboxylic acids is 1. The van der Waals surface area contributed by atoms with E-state index < -0.39 is 0 Å². The van der Waals surface area contributed by atoms with Gasteiger partial charge in [0.1, 0.15) is 11.0 Å². The minimum atomic E-state index is -0.310. The molecule has 4 nitrogen and oxygen atoms in total. The molecule has 2 rings (SSSR count). The smallest absolute Gasteiger partial charge is 0.348 e. The van der Waals surface area contributed by atoms with Crippen molar-refractivity contribution in [2.75, 3.05) is 18.9 Å². The zero-order chi connectivity index (χ0) is 9.26. The largest absolute Gasteiger partial charge is 0.453 e. The fraction of sp³-hybridized carbons (Fsp3) is 0.375. The summed E-state index contributed by atoms with van der Waals surface area (Å²) in [6.07, 6.45) is -0.0733. The summed E-state index contributed by atoms with van der Waals surface area (Å²) in [4.78, 5) is 11.9. The van der Waals surface area contributed by atoms with Crippen molar-refractivity contribution in [1.29, 1.82) is 0 Å². The summed E-state index contributed by atoms with van der Waals surface area (Å²) >= 11 is 1.29. The molecule has 1 aliphatic rings. The maximum Gasteiger partial charge on any atom is 0.348 e. The maximum atomic E-state index is 11.3. The van der Waals surface area contributed by atoms with E-state index in [1.165, 1.54) is 11.3 Å². The van der Waals surface area contributed by atoms with Crippen LogP contribution < -0.4 is 5.73 Å². The van der Waals surface area contributed by atoms with Gasteiger partial charge in [0.2, 0.25) is 0 Å². The van der Waals surface area contributed by atoms with E-state index in [9.17, 15) is 4.79 Å². The molecular weight excluding hydrogens is 190 g/mol. The Morgan fingerprint density at radius 1 is 1.69 bits per heavy atom. The van der Waals surface area contributed by atoms with Crippen molar-refractivity contribution in [3.8, 4) is 0 Å². The van der Waals surface area contributed by atoms with Crippen LogP contribution >= 0.6 is 11.3 Å². The van der Waals surface area contributed by atoms with E-state index in [0.29, 0.717) is 23.8 Å². The van der Waals surface area contributed by atoms with Gasteiger partial charge in [-0.25, -0.2) is 4.79 Å². The highest BCUT2D eigenvalue weighted by atomic mass is 32.1. The Morgan fingerprint density at radius 2 is 2.46 bits per heavy atom. The van der Waals surface area contributed by atoms with Crippen LogP contribution in [0.5, 0.6) is 0 Å².